The van der Waals surface area contributed by atoms with E-state index in [0.717, 1.165) is 18.4 Å². The van der Waals surface area contributed by atoms with Crippen LogP contribution in [0.2, 0.25) is 0 Å². The van der Waals surface area contributed by atoms with Crippen molar-refractivity contribution in [2.45, 2.75) is 78.2 Å². The maximum absolute atomic E-state index is 6.29. The molecule has 0 radical (unpaired) electrons. The predicted molar refractivity (Wildman–Crippen MR) is 85.4 cm³/mol. The Morgan fingerprint density at radius 3 is 2.16 bits per heavy atom. The van der Waals surface area contributed by atoms with Gasteiger partial charge in [0.1, 0.15) is 0 Å². The summed E-state index contributed by atoms with van der Waals surface area (Å²) in [5.41, 5.74) is 6.57. The fraction of sp³-hybridized carbons (Fsp3) is 1.00. The lowest BCUT2D eigenvalue weighted by Gasteiger charge is -2.52. The molecule has 0 bridgehead atoms. The third-order valence-electron chi connectivity index (χ3n) is 5.52. The first-order valence-corrected chi connectivity index (χ1v) is 8.57. The number of hydrogen-bond donors (Lipinski definition) is 1. The van der Waals surface area contributed by atoms with Crippen LogP contribution < -0.4 is 5.73 Å². The zero-order valence-electron chi connectivity index (χ0n) is 13.8. The Balaban J connectivity index is 2.84. The third-order valence-corrected chi connectivity index (χ3v) is 5.52. The summed E-state index contributed by atoms with van der Waals surface area (Å²) >= 11 is 0. The van der Waals surface area contributed by atoms with E-state index in [2.05, 4.69) is 32.6 Å². The van der Waals surface area contributed by atoms with Crippen molar-refractivity contribution < 1.29 is 0 Å². The average Bonchev–Trinajstić information content (AvgIpc) is 2.43. The molecule has 114 valence electrons. The van der Waals surface area contributed by atoms with Gasteiger partial charge in [-0.2, -0.15) is 0 Å². The molecule has 1 rings (SSSR count). The van der Waals surface area contributed by atoms with E-state index in [-0.39, 0.29) is 5.54 Å². The monoisotopic (exact) mass is 268 g/mol. The summed E-state index contributed by atoms with van der Waals surface area (Å²) < 4.78 is 0. The Bertz CT molecular complexity index is 233. The van der Waals surface area contributed by atoms with Gasteiger partial charge in [0.05, 0.1) is 0 Å². The van der Waals surface area contributed by atoms with Crippen LogP contribution in [-0.2, 0) is 0 Å². The molecule has 0 amide bonds. The number of rotatable bonds is 8. The van der Waals surface area contributed by atoms with E-state index < -0.39 is 0 Å². The van der Waals surface area contributed by atoms with Crippen molar-refractivity contribution in [1.82, 2.24) is 4.90 Å². The van der Waals surface area contributed by atoms with Gasteiger partial charge in [-0.3, -0.25) is 4.90 Å². The number of nitrogens with two attached hydrogens (primary N) is 1. The van der Waals surface area contributed by atoms with E-state index in [4.69, 9.17) is 5.73 Å². The lowest BCUT2D eigenvalue weighted by molar-refractivity contribution is -0.0126. The lowest BCUT2D eigenvalue weighted by Crippen LogP contribution is -2.61. The van der Waals surface area contributed by atoms with Crippen molar-refractivity contribution in [3.63, 3.8) is 0 Å². The van der Waals surface area contributed by atoms with E-state index in [1.807, 2.05) is 0 Å². The molecule has 1 aliphatic carbocycles. The van der Waals surface area contributed by atoms with Crippen LogP contribution in [0.1, 0.15) is 72.6 Å². The molecule has 0 spiro atoms. The Labute approximate surface area is 121 Å². The van der Waals surface area contributed by atoms with E-state index in [1.54, 1.807) is 0 Å². The van der Waals surface area contributed by atoms with Crippen LogP contribution in [0.3, 0.4) is 0 Å². The van der Waals surface area contributed by atoms with Crippen LogP contribution in [0, 0.1) is 11.8 Å². The SMILES string of the molecule is CCCCN(CCCC)C1(CN)CCCC(C)C1C. The summed E-state index contributed by atoms with van der Waals surface area (Å²) in [4.78, 5) is 2.76. The highest BCUT2D eigenvalue weighted by atomic mass is 15.2. The lowest BCUT2D eigenvalue weighted by atomic mass is 9.67. The Hall–Kier alpha value is -0.0800. The van der Waals surface area contributed by atoms with Crippen molar-refractivity contribution >= 4 is 0 Å². The molecule has 0 aromatic carbocycles. The summed E-state index contributed by atoms with van der Waals surface area (Å²) in [5, 5.41) is 0. The summed E-state index contributed by atoms with van der Waals surface area (Å²) in [6, 6.07) is 0. The fourth-order valence-electron chi connectivity index (χ4n) is 3.86. The van der Waals surface area contributed by atoms with Crippen LogP contribution in [0.4, 0.5) is 0 Å². The van der Waals surface area contributed by atoms with Gasteiger partial charge in [-0.1, -0.05) is 53.4 Å². The second-order valence-corrected chi connectivity index (χ2v) is 6.66. The highest BCUT2D eigenvalue weighted by Gasteiger charge is 2.44. The molecule has 2 heteroatoms. The van der Waals surface area contributed by atoms with E-state index in [9.17, 15) is 0 Å². The molecule has 2 N–H and O–H groups in total. The molecule has 1 fully saturated rings. The molecule has 1 saturated carbocycles. The van der Waals surface area contributed by atoms with Gasteiger partial charge in [-0.05, 0) is 44.2 Å². The standard InChI is InChI=1S/C17H36N2/c1-5-7-12-19(13-8-6-2)17(14-18)11-9-10-15(3)16(17)4/h15-16H,5-14,18H2,1-4H3. The minimum absolute atomic E-state index is 0.280. The first-order chi connectivity index (χ1) is 9.12. The van der Waals surface area contributed by atoms with Gasteiger partial charge in [0, 0.05) is 12.1 Å². The van der Waals surface area contributed by atoms with Crippen LogP contribution in [0.25, 0.3) is 0 Å². The molecule has 0 saturated heterocycles. The summed E-state index contributed by atoms with van der Waals surface area (Å²) in [6.07, 6.45) is 9.25. The quantitative estimate of drug-likeness (QED) is 0.720. The van der Waals surface area contributed by atoms with Crippen molar-refractivity contribution in [3.8, 4) is 0 Å². The fourth-order valence-corrected chi connectivity index (χ4v) is 3.86. The third kappa shape index (κ3) is 3.95. The Morgan fingerprint density at radius 1 is 1.11 bits per heavy atom. The molecule has 3 unspecified atom stereocenters. The van der Waals surface area contributed by atoms with E-state index in [0.29, 0.717) is 0 Å². The van der Waals surface area contributed by atoms with Gasteiger partial charge in [0.25, 0.3) is 0 Å². The average molecular weight is 268 g/mol. The molecule has 1 aliphatic rings. The molecule has 19 heavy (non-hydrogen) atoms. The Kier molecular flexibility index (Phi) is 7.38. The van der Waals surface area contributed by atoms with E-state index >= 15 is 0 Å². The normalized spacial score (nSPS) is 31.9. The minimum Gasteiger partial charge on any atom is -0.329 e. The van der Waals surface area contributed by atoms with Crippen molar-refractivity contribution in [1.29, 1.82) is 0 Å². The topological polar surface area (TPSA) is 29.3 Å². The van der Waals surface area contributed by atoms with Gasteiger partial charge < -0.3 is 5.73 Å². The molecule has 0 heterocycles. The zero-order valence-corrected chi connectivity index (χ0v) is 13.8. The second-order valence-electron chi connectivity index (χ2n) is 6.66. The number of unbranched alkanes of at least 4 members (excludes halogenated alkanes) is 2. The first kappa shape index (κ1) is 17.0. The molecular formula is C17H36N2. The highest BCUT2D eigenvalue weighted by molar-refractivity contribution is 5.00. The molecule has 3 atom stereocenters. The molecule has 2 nitrogen and oxygen atoms in total. The van der Waals surface area contributed by atoms with Crippen LogP contribution in [0.15, 0.2) is 0 Å². The van der Waals surface area contributed by atoms with Crippen LogP contribution in [-0.4, -0.2) is 30.1 Å². The summed E-state index contributed by atoms with van der Waals surface area (Å²) in [7, 11) is 0. The molecule has 0 aromatic heterocycles. The second kappa shape index (κ2) is 8.26. The smallest absolute Gasteiger partial charge is 0.0359 e. The van der Waals surface area contributed by atoms with Gasteiger partial charge in [-0.25, -0.2) is 0 Å². The van der Waals surface area contributed by atoms with Gasteiger partial charge in [-0.15, -0.1) is 0 Å². The maximum atomic E-state index is 6.29. The van der Waals surface area contributed by atoms with Gasteiger partial charge in [0.15, 0.2) is 0 Å². The molecular weight excluding hydrogens is 232 g/mol. The van der Waals surface area contributed by atoms with Crippen LogP contribution >= 0.6 is 0 Å². The zero-order chi connectivity index (χ0) is 14.3. The first-order valence-electron chi connectivity index (χ1n) is 8.57. The van der Waals surface area contributed by atoms with Crippen molar-refractivity contribution in [2.75, 3.05) is 19.6 Å². The summed E-state index contributed by atoms with van der Waals surface area (Å²) in [5.74, 6) is 1.56. The molecule has 0 aliphatic heterocycles. The maximum Gasteiger partial charge on any atom is 0.0359 e. The van der Waals surface area contributed by atoms with Crippen LogP contribution in [0.5, 0.6) is 0 Å². The van der Waals surface area contributed by atoms with Gasteiger partial charge in [0.2, 0.25) is 0 Å². The largest absolute Gasteiger partial charge is 0.329 e. The predicted octanol–water partition coefficient (Wildman–Crippen LogP) is 4.04. The highest BCUT2D eigenvalue weighted by Crippen LogP contribution is 2.41. The minimum atomic E-state index is 0.280. The van der Waals surface area contributed by atoms with Gasteiger partial charge >= 0.3 is 0 Å². The Morgan fingerprint density at radius 2 is 1.68 bits per heavy atom. The van der Waals surface area contributed by atoms with Crippen molar-refractivity contribution in [3.05, 3.63) is 0 Å². The van der Waals surface area contributed by atoms with E-state index in [1.165, 1.54) is 58.0 Å². The van der Waals surface area contributed by atoms with Crippen molar-refractivity contribution in [2.24, 2.45) is 17.6 Å². The molecule has 0 aromatic rings. The number of hydrogen-bond acceptors (Lipinski definition) is 2. The summed E-state index contributed by atoms with van der Waals surface area (Å²) in [6.45, 7) is 12.8. The number of nitrogens with zero attached hydrogens (tertiary/aromatic N) is 1.